The molecule has 0 saturated heterocycles. The van der Waals surface area contributed by atoms with Gasteiger partial charge in [0.05, 0.1) is 6.61 Å². The maximum Gasteiger partial charge on any atom is 0.251 e. The minimum atomic E-state index is -2.44. The van der Waals surface area contributed by atoms with E-state index in [9.17, 15) is 8.78 Å². The SMILES string of the molecule is CCCC1CCC(C2CCC(C/C=C\Cc3ccc(OCC)cc3)CC2)C(F)(F)C1. The highest BCUT2D eigenvalue weighted by atomic mass is 19.3. The molecule has 1 aromatic rings. The van der Waals surface area contributed by atoms with Gasteiger partial charge in [-0.05, 0) is 93.7 Å². The lowest BCUT2D eigenvalue weighted by Gasteiger charge is -2.42. The van der Waals surface area contributed by atoms with E-state index in [-0.39, 0.29) is 24.2 Å². The Morgan fingerprint density at radius 3 is 2.27 bits per heavy atom. The summed E-state index contributed by atoms with van der Waals surface area (Å²) in [5, 5.41) is 0. The van der Waals surface area contributed by atoms with Crippen LogP contribution in [0.4, 0.5) is 8.78 Å². The van der Waals surface area contributed by atoms with Crippen molar-refractivity contribution in [2.24, 2.45) is 23.7 Å². The van der Waals surface area contributed by atoms with Gasteiger partial charge >= 0.3 is 0 Å². The molecule has 1 aromatic carbocycles. The topological polar surface area (TPSA) is 9.23 Å². The Labute approximate surface area is 182 Å². The number of benzene rings is 1. The first-order valence-corrected chi connectivity index (χ1v) is 12.3. The Kier molecular flexibility index (Phi) is 8.77. The summed E-state index contributed by atoms with van der Waals surface area (Å²) in [5.74, 6) is -0.714. The molecule has 2 unspecified atom stereocenters. The minimum Gasteiger partial charge on any atom is -0.494 e. The van der Waals surface area contributed by atoms with E-state index in [2.05, 4.69) is 31.2 Å². The summed E-state index contributed by atoms with van der Waals surface area (Å²) < 4.78 is 35.0. The van der Waals surface area contributed by atoms with E-state index in [1.165, 1.54) is 5.56 Å². The number of hydrogen-bond donors (Lipinski definition) is 0. The summed E-state index contributed by atoms with van der Waals surface area (Å²) in [4.78, 5) is 0. The highest BCUT2D eigenvalue weighted by Crippen LogP contribution is 2.50. The lowest BCUT2D eigenvalue weighted by Crippen LogP contribution is -2.41. The zero-order chi connectivity index (χ0) is 21.4. The van der Waals surface area contributed by atoms with E-state index in [4.69, 9.17) is 4.74 Å². The molecule has 0 aromatic heterocycles. The van der Waals surface area contributed by atoms with Crippen LogP contribution in [0.25, 0.3) is 0 Å². The molecule has 2 saturated carbocycles. The Balaban J connectivity index is 1.38. The third-order valence-electron chi connectivity index (χ3n) is 7.37. The summed E-state index contributed by atoms with van der Waals surface area (Å²) in [6.07, 6.45) is 14.7. The fraction of sp³-hybridized carbons (Fsp3) is 0.704. The van der Waals surface area contributed by atoms with Crippen LogP contribution < -0.4 is 4.74 Å². The molecular weight excluding hydrogens is 378 g/mol. The molecule has 30 heavy (non-hydrogen) atoms. The van der Waals surface area contributed by atoms with E-state index >= 15 is 0 Å². The van der Waals surface area contributed by atoms with Crippen LogP contribution in [0.15, 0.2) is 36.4 Å². The molecule has 0 heterocycles. The van der Waals surface area contributed by atoms with Crippen molar-refractivity contribution in [3.63, 3.8) is 0 Å². The number of halogens is 2. The van der Waals surface area contributed by atoms with Crippen molar-refractivity contribution in [2.75, 3.05) is 6.61 Å². The fourth-order valence-corrected chi connectivity index (χ4v) is 5.72. The summed E-state index contributed by atoms with van der Waals surface area (Å²) >= 11 is 0. The van der Waals surface area contributed by atoms with E-state index in [0.717, 1.165) is 70.0 Å². The monoisotopic (exact) mass is 418 g/mol. The van der Waals surface area contributed by atoms with E-state index < -0.39 is 5.92 Å². The van der Waals surface area contributed by atoms with Crippen LogP contribution in [0.1, 0.15) is 83.6 Å². The Morgan fingerprint density at radius 2 is 1.63 bits per heavy atom. The molecule has 0 N–H and O–H groups in total. The van der Waals surface area contributed by atoms with Crippen molar-refractivity contribution < 1.29 is 13.5 Å². The van der Waals surface area contributed by atoms with Crippen LogP contribution >= 0.6 is 0 Å². The average Bonchev–Trinajstić information content (AvgIpc) is 2.73. The maximum atomic E-state index is 14.8. The smallest absolute Gasteiger partial charge is 0.251 e. The normalized spacial score (nSPS) is 29.2. The molecule has 0 spiro atoms. The number of hydrogen-bond acceptors (Lipinski definition) is 1. The molecule has 168 valence electrons. The molecule has 2 aliphatic rings. The predicted octanol–water partition coefficient (Wildman–Crippen LogP) is 8.23. The second kappa shape index (κ2) is 11.3. The lowest BCUT2D eigenvalue weighted by atomic mass is 9.66. The number of ether oxygens (including phenoxy) is 1. The van der Waals surface area contributed by atoms with Gasteiger partial charge < -0.3 is 4.74 Å². The van der Waals surface area contributed by atoms with Gasteiger partial charge in [0.15, 0.2) is 0 Å². The van der Waals surface area contributed by atoms with Gasteiger partial charge in [0.25, 0.3) is 5.92 Å². The van der Waals surface area contributed by atoms with Crippen molar-refractivity contribution in [3.05, 3.63) is 42.0 Å². The summed E-state index contributed by atoms with van der Waals surface area (Å²) in [6, 6.07) is 8.30. The van der Waals surface area contributed by atoms with Gasteiger partial charge in [-0.15, -0.1) is 0 Å². The van der Waals surface area contributed by atoms with Crippen molar-refractivity contribution in [1.82, 2.24) is 0 Å². The number of rotatable bonds is 9. The van der Waals surface area contributed by atoms with E-state index in [1.807, 2.05) is 19.1 Å². The van der Waals surface area contributed by atoms with Crippen LogP contribution in [0, 0.1) is 23.7 Å². The molecule has 0 amide bonds. The van der Waals surface area contributed by atoms with Gasteiger partial charge in [0.1, 0.15) is 5.75 Å². The number of allylic oxidation sites excluding steroid dienone is 2. The first-order valence-electron chi connectivity index (χ1n) is 12.3. The molecule has 3 rings (SSSR count). The standard InChI is InChI=1S/C27H40F2O/c1-3-7-23-14-19-26(27(28,29)20-23)24-15-10-21(11-16-24)8-5-6-9-22-12-17-25(18-13-22)30-4-2/h5-6,12-13,17-18,21,23-24,26H,3-4,7-11,14-16,19-20H2,1-2H3/b6-5-. The zero-order valence-electron chi connectivity index (χ0n) is 18.9. The zero-order valence-corrected chi connectivity index (χ0v) is 18.9. The summed E-state index contributed by atoms with van der Waals surface area (Å²) in [5.41, 5.74) is 1.29. The van der Waals surface area contributed by atoms with Crippen LogP contribution in [-0.4, -0.2) is 12.5 Å². The van der Waals surface area contributed by atoms with Crippen LogP contribution in [0.2, 0.25) is 0 Å². The third kappa shape index (κ3) is 6.56. The molecule has 2 atom stereocenters. The molecule has 1 nitrogen and oxygen atoms in total. The van der Waals surface area contributed by atoms with Gasteiger partial charge in [0.2, 0.25) is 0 Å². The van der Waals surface area contributed by atoms with Gasteiger partial charge in [-0.2, -0.15) is 0 Å². The third-order valence-corrected chi connectivity index (χ3v) is 7.37. The average molecular weight is 419 g/mol. The van der Waals surface area contributed by atoms with Gasteiger partial charge in [-0.3, -0.25) is 0 Å². The summed E-state index contributed by atoms with van der Waals surface area (Å²) in [6.45, 7) is 4.80. The van der Waals surface area contributed by atoms with E-state index in [1.54, 1.807) is 0 Å². The van der Waals surface area contributed by atoms with Crippen LogP contribution in [-0.2, 0) is 6.42 Å². The van der Waals surface area contributed by atoms with Crippen LogP contribution in [0.5, 0.6) is 5.75 Å². The molecule has 0 aliphatic heterocycles. The minimum absolute atomic E-state index is 0.139. The molecule has 2 aliphatic carbocycles. The molecule has 0 radical (unpaired) electrons. The Morgan fingerprint density at radius 1 is 0.933 bits per heavy atom. The summed E-state index contributed by atoms with van der Waals surface area (Å²) in [7, 11) is 0. The Bertz CT molecular complexity index is 643. The van der Waals surface area contributed by atoms with Crippen molar-refractivity contribution >= 4 is 0 Å². The lowest BCUT2D eigenvalue weighted by molar-refractivity contribution is -0.128. The van der Waals surface area contributed by atoms with Crippen molar-refractivity contribution in [3.8, 4) is 5.75 Å². The Hall–Kier alpha value is -1.38. The van der Waals surface area contributed by atoms with Gasteiger partial charge in [-0.25, -0.2) is 8.78 Å². The maximum absolute atomic E-state index is 14.8. The highest BCUT2D eigenvalue weighted by molar-refractivity contribution is 5.28. The molecule has 2 fully saturated rings. The molecular formula is C27H40F2O. The highest BCUT2D eigenvalue weighted by Gasteiger charge is 2.48. The quantitative estimate of drug-likeness (QED) is 0.367. The molecule has 3 heteroatoms. The first kappa shape index (κ1) is 23.3. The predicted molar refractivity (Wildman–Crippen MR) is 121 cm³/mol. The second-order valence-corrected chi connectivity index (χ2v) is 9.57. The van der Waals surface area contributed by atoms with Gasteiger partial charge in [-0.1, -0.05) is 44.1 Å². The number of alkyl halides is 2. The second-order valence-electron chi connectivity index (χ2n) is 9.57. The molecule has 0 bridgehead atoms. The fourth-order valence-electron chi connectivity index (χ4n) is 5.72. The van der Waals surface area contributed by atoms with Gasteiger partial charge in [0, 0.05) is 12.3 Å². The van der Waals surface area contributed by atoms with Crippen LogP contribution in [0.3, 0.4) is 0 Å². The van der Waals surface area contributed by atoms with Crippen molar-refractivity contribution in [1.29, 1.82) is 0 Å². The van der Waals surface area contributed by atoms with Crippen molar-refractivity contribution in [2.45, 2.75) is 90.4 Å². The first-order chi connectivity index (χ1) is 14.5. The largest absolute Gasteiger partial charge is 0.494 e. The van der Waals surface area contributed by atoms with E-state index in [0.29, 0.717) is 12.5 Å².